The Morgan fingerprint density at radius 3 is 1.96 bits per heavy atom. The molecule has 3 N–H and O–H groups in total. The van der Waals surface area contributed by atoms with Crippen molar-refractivity contribution in [2.24, 2.45) is 16.6 Å². The lowest BCUT2D eigenvalue weighted by Gasteiger charge is -2.07. The molecule has 0 aromatic rings. The van der Waals surface area contributed by atoms with Crippen LogP contribution in [0, 0.1) is 17.2 Å². The van der Waals surface area contributed by atoms with Crippen molar-refractivity contribution in [2.45, 2.75) is 97.3 Å². The Morgan fingerprint density at radius 1 is 0.958 bits per heavy atom. The molecule has 4 heteroatoms. The molecule has 0 heterocycles. The van der Waals surface area contributed by atoms with Crippen molar-refractivity contribution in [1.29, 1.82) is 5.26 Å². The second-order valence-corrected chi connectivity index (χ2v) is 7.01. The van der Waals surface area contributed by atoms with Crippen molar-refractivity contribution in [2.75, 3.05) is 13.1 Å². The quantitative estimate of drug-likeness (QED) is 0.233. The molecule has 0 aliphatic rings. The number of nitriles is 1. The number of hydrogen-bond donors (Lipinski definition) is 2. The molecule has 0 amide bonds. The number of guanidine groups is 1. The third-order valence-corrected chi connectivity index (χ3v) is 4.35. The van der Waals surface area contributed by atoms with Gasteiger partial charge in [-0.15, -0.1) is 0 Å². The highest BCUT2D eigenvalue weighted by Crippen LogP contribution is 2.11. The number of nitrogens with one attached hydrogen (secondary N) is 1. The summed E-state index contributed by atoms with van der Waals surface area (Å²) in [7, 11) is 0. The van der Waals surface area contributed by atoms with Crippen molar-refractivity contribution >= 4 is 5.96 Å². The summed E-state index contributed by atoms with van der Waals surface area (Å²) in [5, 5.41) is 11.8. The maximum atomic E-state index is 8.59. The highest BCUT2D eigenvalue weighted by atomic mass is 15.1. The van der Waals surface area contributed by atoms with Gasteiger partial charge in [0, 0.05) is 19.5 Å². The van der Waals surface area contributed by atoms with E-state index in [9.17, 15) is 0 Å². The molecule has 1 atom stereocenters. The van der Waals surface area contributed by atoms with Gasteiger partial charge in [0.15, 0.2) is 5.96 Å². The largest absolute Gasteiger partial charge is 0.370 e. The van der Waals surface area contributed by atoms with Gasteiger partial charge in [-0.1, -0.05) is 84.5 Å². The SMILES string of the molecule is CCCCCCCCCCCCCCNC(N)=NCC(C)CC#N. The van der Waals surface area contributed by atoms with Gasteiger partial charge in [-0.05, 0) is 12.3 Å². The number of nitrogens with zero attached hydrogens (tertiary/aromatic N) is 2. The molecule has 0 aliphatic carbocycles. The lowest BCUT2D eigenvalue weighted by molar-refractivity contribution is 0.542. The fourth-order valence-electron chi connectivity index (χ4n) is 2.71. The molecule has 0 rings (SSSR count). The number of nitrogens with two attached hydrogens (primary N) is 1. The Kier molecular flexibility index (Phi) is 17.2. The van der Waals surface area contributed by atoms with Crippen LogP contribution in [0.15, 0.2) is 4.99 Å². The summed E-state index contributed by atoms with van der Waals surface area (Å²) < 4.78 is 0. The number of rotatable bonds is 16. The van der Waals surface area contributed by atoms with Crippen LogP contribution >= 0.6 is 0 Å². The summed E-state index contributed by atoms with van der Waals surface area (Å²) >= 11 is 0. The van der Waals surface area contributed by atoms with Crippen LogP contribution in [0.3, 0.4) is 0 Å². The standard InChI is InChI=1S/C20H40N4/c1-3-4-5-6-7-8-9-10-11-12-13-14-17-23-20(22)24-18-19(2)15-16-21/h19H,3-15,17-18H2,1-2H3,(H3,22,23,24). The van der Waals surface area contributed by atoms with Gasteiger partial charge in [-0.25, -0.2) is 0 Å². The Balaban J connectivity index is 3.27. The lowest BCUT2D eigenvalue weighted by Crippen LogP contribution is -2.32. The second kappa shape index (κ2) is 18.1. The van der Waals surface area contributed by atoms with Crippen molar-refractivity contribution in [3.63, 3.8) is 0 Å². The van der Waals surface area contributed by atoms with E-state index in [1.54, 1.807) is 0 Å². The van der Waals surface area contributed by atoms with Crippen LogP contribution in [-0.2, 0) is 0 Å². The van der Waals surface area contributed by atoms with E-state index in [4.69, 9.17) is 11.0 Å². The van der Waals surface area contributed by atoms with Gasteiger partial charge >= 0.3 is 0 Å². The van der Waals surface area contributed by atoms with Gasteiger partial charge in [-0.2, -0.15) is 5.26 Å². The first-order chi connectivity index (χ1) is 11.7. The molecule has 0 saturated heterocycles. The van der Waals surface area contributed by atoms with E-state index in [1.807, 2.05) is 6.92 Å². The lowest BCUT2D eigenvalue weighted by atomic mass is 10.1. The van der Waals surface area contributed by atoms with Crippen LogP contribution in [0.2, 0.25) is 0 Å². The van der Waals surface area contributed by atoms with E-state index in [1.165, 1.54) is 70.6 Å². The zero-order chi connectivity index (χ0) is 17.9. The first-order valence-corrected chi connectivity index (χ1v) is 10.1. The van der Waals surface area contributed by atoms with Gasteiger partial charge in [0.25, 0.3) is 0 Å². The minimum Gasteiger partial charge on any atom is -0.370 e. The predicted octanol–water partition coefficient (Wildman–Crippen LogP) is 5.14. The zero-order valence-corrected chi connectivity index (χ0v) is 16.2. The first-order valence-electron chi connectivity index (χ1n) is 10.1. The summed E-state index contributed by atoms with van der Waals surface area (Å²) in [6.07, 6.45) is 16.9. The molecule has 0 aliphatic heterocycles. The average Bonchev–Trinajstić information content (AvgIpc) is 2.57. The molecular weight excluding hydrogens is 296 g/mol. The Bertz CT molecular complexity index is 333. The van der Waals surface area contributed by atoms with E-state index < -0.39 is 0 Å². The van der Waals surface area contributed by atoms with E-state index in [-0.39, 0.29) is 5.92 Å². The summed E-state index contributed by atoms with van der Waals surface area (Å²) in [6, 6.07) is 2.16. The van der Waals surface area contributed by atoms with E-state index in [0.717, 1.165) is 13.0 Å². The van der Waals surface area contributed by atoms with Crippen LogP contribution in [0.25, 0.3) is 0 Å². The average molecular weight is 337 g/mol. The molecule has 4 nitrogen and oxygen atoms in total. The monoisotopic (exact) mass is 336 g/mol. The molecule has 140 valence electrons. The third-order valence-electron chi connectivity index (χ3n) is 4.35. The summed E-state index contributed by atoms with van der Waals surface area (Å²) in [6.45, 7) is 5.82. The number of hydrogen-bond acceptors (Lipinski definition) is 2. The molecule has 24 heavy (non-hydrogen) atoms. The first kappa shape index (κ1) is 22.8. The van der Waals surface area contributed by atoms with E-state index in [0.29, 0.717) is 18.9 Å². The second-order valence-electron chi connectivity index (χ2n) is 7.01. The van der Waals surface area contributed by atoms with Crippen molar-refractivity contribution in [3.8, 4) is 6.07 Å². The van der Waals surface area contributed by atoms with Crippen molar-refractivity contribution in [3.05, 3.63) is 0 Å². The number of aliphatic imine (C=N–C) groups is 1. The minimum atomic E-state index is 0.280. The highest BCUT2D eigenvalue weighted by Gasteiger charge is 2.00. The van der Waals surface area contributed by atoms with Crippen molar-refractivity contribution in [1.82, 2.24) is 5.32 Å². The van der Waals surface area contributed by atoms with Gasteiger partial charge < -0.3 is 11.1 Å². The minimum absolute atomic E-state index is 0.280. The molecule has 0 aromatic carbocycles. The van der Waals surface area contributed by atoms with Crippen LogP contribution in [0.5, 0.6) is 0 Å². The molecule has 0 spiro atoms. The summed E-state index contributed by atoms with van der Waals surface area (Å²) in [4.78, 5) is 4.27. The maximum absolute atomic E-state index is 8.59. The maximum Gasteiger partial charge on any atom is 0.188 e. The third kappa shape index (κ3) is 17.1. The van der Waals surface area contributed by atoms with Crippen LogP contribution in [0.1, 0.15) is 97.3 Å². The molecule has 0 radical (unpaired) electrons. The Morgan fingerprint density at radius 2 is 1.46 bits per heavy atom. The molecule has 1 unspecified atom stereocenters. The predicted molar refractivity (Wildman–Crippen MR) is 105 cm³/mol. The van der Waals surface area contributed by atoms with Crippen LogP contribution in [-0.4, -0.2) is 19.0 Å². The van der Waals surface area contributed by atoms with Gasteiger partial charge in [0.05, 0.1) is 6.07 Å². The smallest absolute Gasteiger partial charge is 0.188 e. The van der Waals surface area contributed by atoms with Crippen LogP contribution in [0.4, 0.5) is 0 Å². The highest BCUT2D eigenvalue weighted by molar-refractivity contribution is 5.77. The molecule has 0 aromatic heterocycles. The molecule has 0 fully saturated rings. The topological polar surface area (TPSA) is 74.2 Å². The van der Waals surface area contributed by atoms with Crippen LogP contribution < -0.4 is 11.1 Å². The number of unbranched alkanes of at least 4 members (excludes halogenated alkanes) is 11. The fourth-order valence-corrected chi connectivity index (χ4v) is 2.71. The Hall–Kier alpha value is -1.24. The van der Waals surface area contributed by atoms with Gasteiger partial charge in [-0.3, -0.25) is 4.99 Å². The summed E-state index contributed by atoms with van der Waals surface area (Å²) in [5.74, 6) is 0.796. The van der Waals surface area contributed by atoms with Crippen molar-refractivity contribution < 1.29 is 0 Å². The van der Waals surface area contributed by atoms with E-state index in [2.05, 4.69) is 23.3 Å². The van der Waals surface area contributed by atoms with Gasteiger partial charge in [0.1, 0.15) is 0 Å². The zero-order valence-electron chi connectivity index (χ0n) is 16.2. The molecule has 0 bridgehead atoms. The van der Waals surface area contributed by atoms with Gasteiger partial charge in [0.2, 0.25) is 0 Å². The summed E-state index contributed by atoms with van der Waals surface area (Å²) in [5.41, 5.74) is 5.81. The Labute approximate surface area is 150 Å². The fraction of sp³-hybridized carbons (Fsp3) is 0.900. The molecular formula is C20H40N4. The molecule has 0 saturated carbocycles. The normalized spacial score (nSPS) is 12.8. The van der Waals surface area contributed by atoms with E-state index >= 15 is 0 Å².